The van der Waals surface area contributed by atoms with Crippen LogP contribution < -0.4 is 0 Å². The molecule has 1 amide bonds. The van der Waals surface area contributed by atoms with Crippen LogP contribution in [0.1, 0.15) is 17.0 Å². The summed E-state index contributed by atoms with van der Waals surface area (Å²) >= 11 is 1.58. The standard InChI is InChI=1S/C20H22N4O2S/c1-15-17(22-20(26-15)18-5-3-11-27-18)12-19(25)24-9-7-23(8-10-24)14-16-4-2-6-21-13-16/h2-6,11,13H,7-10,12,14H2,1H3. The fourth-order valence-electron chi connectivity index (χ4n) is 3.26. The van der Waals surface area contributed by atoms with Crippen molar-refractivity contribution < 1.29 is 9.21 Å². The lowest BCUT2D eigenvalue weighted by atomic mass is 10.2. The Kier molecular flexibility index (Phi) is 5.31. The van der Waals surface area contributed by atoms with Gasteiger partial charge in [-0.1, -0.05) is 12.1 Å². The van der Waals surface area contributed by atoms with Gasteiger partial charge in [0.15, 0.2) is 0 Å². The largest absolute Gasteiger partial charge is 0.440 e. The molecular formula is C20H22N4O2S. The predicted octanol–water partition coefficient (Wildman–Crippen LogP) is 2.99. The predicted molar refractivity (Wildman–Crippen MR) is 104 cm³/mol. The summed E-state index contributed by atoms with van der Waals surface area (Å²) in [5, 5.41) is 1.99. The van der Waals surface area contributed by atoms with Crippen LogP contribution in [0, 0.1) is 6.92 Å². The molecule has 0 radical (unpaired) electrons. The van der Waals surface area contributed by atoms with Crippen molar-refractivity contribution in [2.75, 3.05) is 26.2 Å². The van der Waals surface area contributed by atoms with Gasteiger partial charge in [0.05, 0.1) is 17.0 Å². The van der Waals surface area contributed by atoms with E-state index in [0.717, 1.165) is 49.1 Å². The van der Waals surface area contributed by atoms with Gasteiger partial charge in [0.1, 0.15) is 5.76 Å². The summed E-state index contributed by atoms with van der Waals surface area (Å²) in [7, 11) is 0. The average molecular weight is 382 g/mol. The van der Waals surface area contributed by atoms with Gasteiger partial charge in [-0.2, -0.15) is 0 Å². The van der Waals surface area contributed by atoms with Gasteiger partial charge in [-0.3, -0.25) is 14.7 Å². The van der Waals surface area contributed by atoms with E-state index in [2.05, 4.69) is 20.9 Å². The second-order valence-electron chi connectivity index (χ2n) is 6.69. The van der Waals surface area contributed by atoms with Crippen LogP contribution in [0.3, 0.4) is 0 Å². The molecule has 3 aromatic heterocycles. The van der Waals surface area contributed by atoms with E-state index in [-0.39, 0.29) is 5.91 Å². The lowest BCUT2D eigenvalue weighted by molar-refractivity contribution is -0.132. The molecule has 1 aliphatic rings. The first-order chi connectivity index (χ1) is 13.2. The Bertz CT molecular complexity index is 884. The molecule has 0 aliphatic carbocycles. The number of piperazine rings is 1. The van der Waals surface area contributed by atoms with Gasteiger partial charge < -0.3 is 9.32 Å². The Hall–Kier alpha value is -2.51. The lowest BCUT2D eigenvalue weighted by Crippen LogP contribution is -2.48. The molecule has 1 fully saturated rings. The number of nitrogens with zero attached hydrogens (tertiary/aromatic N) is 4. The van der Waals surface area contributed by atoms with Gasteiger partial charge in [0, 0.05) is 45.1 Å². The molecule has 7 heteroatoms. The highest BCUT2D eigenvalue weighted by Gasteiger charge is 2.23. The Morgan fingerprint density at radius 1 is 1.22 bits per heavy atom. The van der Waals surface area contributed by atoms with Crippen LogP contribution in [0.15, 0.2) is 46.5 Å². The zero-order valence-corrected chi connectivity index (χ0v) is 16.1. The maximum absolute atomic E-state index is 12.7. The molecule has 4 rings (SSSR count). The third-order valence-electron chi connectivity index (χ3n) is 4.80. The molecule has 27 heavy (non-hydrogen) atoms. The quantitative estimate of drug-likeness (QED) is 0.679. The number of carbonyl (C=O) groups excluding carboxylic acids is 1. The van der Waals surface area contributed by atoms with E-state index in [9.17, 15) is 4.79 Å². The van der Waals surface area contributed by atoms with Crippen molar-refractivity contribution >= 4 is 17.2 Å². The zero-order valence-electron chi connectivity index (χ0n) is 15.3. The molecule has 0 N–H and O–H groups in total. The SMILES string of the molecule is Cc1oc(-c2cccs2)nc1CC(=O)N1CCN(Cc2cccnc2)CC1. The molecule has 0 spiro atoms. The number of carbonyl (C=O) groups is 1. The van der Waals surface area contributed by atoms with Gasteiger partial charge in [-0.05, 0) is 30.0 Å². The Morgan fingerprint density at radius 3 is 2.78 bits per heavy atom. The molecule has 6 nitrogen and oxygen atoms in total. The van der Waals surface area contributed by atoms with Crippen molar-refractivity contribution in [3.63, 3.8) is 0 Å². The van der Waals surface area contributed by atoms with Crippen molar-refractivity contribution in [2.24, 2.45) is 0 Å². The second-order valence-corrected chi connectivity index (χ2v) is 7.64. The highest BCUT2D eigenvalue weighted by Crippen LogP contribution is 2.26. The van der Waals surface area contributed by atoms with Crippen molar-refractivity contribution in [1.29, 1.82) is 0 Å². The maximum Gasteiger partial charge on any atom is 0.236 e. The van der Waals surface area contributed by atoms with Gasteiger partial charge in [0.2, 0.25) is 11.8 Å². The molecule has 0 atom stereocenters. The number of hydrogen-bond acceptors (Lipinski definition) is 6. The van der Waals surface area contributed by atoms with Crippen LogP contribution in [-0.2, 0) is 17.8 Å². The van der Waals surface area contributed by atoms with Crippen LogP contribution in [0.25, 0.3) is 10.8 Å². The number of oxazole rings is 1. The van der Waals surface area contributed by atoms with E-state index in [1.807, 2.05) is 41.6 Å². The van der Waals surface area contributed by atoms with Crippen molar-refractivity contribution in [3.05, 3.63) is 59.1 Å². The van der Waals surface area contributed by atoms with Crippen molar-refractivity contribution in [3.8, 4) is 10.8 Å². The average Bonchev–Trinajstić information content (AvgIpc) is 3.34. The summed E-state index contributed by atoms with van der Waals surface area (Å²) < 4.78 is 5.75. The van der Waals surface area contributed by atoms with Gasteiger partial charge in [-0.25, -0.2) is 4.98 Å². The molecule has 1 saturated heterocycles. The van der Waals surface area contributed by atoms with Gasteiger partial charge in [0.25, 0.3) is 0 Å². The molecular weight excluding hydrogens is 360 g/mol. The minimum atomic E-state index is 0.116. The van der Waals surface area contributed by atoms with Gasteiger partial charge in [-0.15, -0.1) is 11.3 Å². The third kappa shape index (κ3) is 4.26. The Balaban J connectivity index is 1.32. The van der Waals surface area contributed by atoms with E-state index >= 15 is 0 Å². The third-order valence-corrected chi connectivity index (χ3v) is 5.66. The van der Waals surface area contributed by atoms with E-state index in [0.29, 0.717) is 12.3 Å². The van der Waals surface area contributed by atoms with Crippen LogP contribution in [0.2, 0.25) is 0 Å². The first kappa shape index (κ1) is 17.9. The number of aryl methyl sites for hydroxylation is 1. The zero-order chi connectivity index (χ0) is 18.6. The summed E-state index contributed by atoms with van der Waals surface area (Å²) in [5.74, 6) is 1.44. The minimum absolute atomic E-state index is 0.116. The highest BCUT2D eigenvalue weighted by molar-refractivity contribution is 7.13. The highest BCUT2D eigenvalue weighted by atomic mass is 32.1. The number of hydrogen-bond donors (Lipinski definition) is 0. The molecule has 0 unspecified atom stereocenters. The molecule has 140 valence electrons. The monoisotopic (exact) mass is 382 g/mol. The van der Waals surface area contributed by atoms with Crippen LogP contribution in [0.5, 0.6) is 0 Å². The normalized spacial score (nSPS) is 15.2. The molecule has 3 aromatic rings. The topological polar surface area (TPSA) is 62.5 Å². The summed E-state index contributed by atoms with van der Waals surface area (Å²) in [6.45, 7) is 5.99. The minimum Gasteiger partial charge on any atom is -0.440 e. The smallest absolute Gasteiger partial charge is 0.236 e. The summed E-state index contributed by atoms with van der Waals surface area (Å²) in [6.07, 6.45) is 3.98. The Labute approximate surface area is 162 Å². The summed E-state index contributed by atoms with van der Waals surface area (Å²) in [6, 6.07) is 7.99. The van der Waals surface area contributed by atoms with Crippen LogP contribution in [-0.4, -0.2) is 51.9 Å². The van der Waals surface area contributed by atoms with Crippen LogP contribution in [0.4, 0.5) is 0 Å². The molecule has 1 aliphatic heterocycles. The first-order valence-corrected chi connectivity index (χ1v) is 9.96. The number of aromatic nitrogens is 2. The van der Waals surface area contributed by atoms with E-state index in [1.165, 1.54) is 5.56 Å². The molecule has 0 aromatic carbocycles. The van der Waals surface area contributed by atoms with Gasteiger partial charge >= 0.3 is 0 Å². The number of thiophene rings is 1. The van der Waals surface area contributed by atoms with E-state index < -0.39 is 0 Å². The Morgan fingerprint density at radius 2 is 2.07 bits per heavy atom. The maximum atomic E-state index is 12.7. The van der Waals surface area contributed by atoms with Crippen LogP contribution >= 0.6 is 11.3 Å². The molecule has 0 bridgehead atoms. The van der Waals surface area contributed by atoms with E-state index in [4.69, 9.17) is 4.42 Å². The number of amides is 1. The summed E-state index contributed by atoms with van der Waals surface area (Å²) in [4.78, 5) is 26.7. The number of pyridine rings is 1. The van der Waals surface area contributed by atoms with Crippen molar-refractivity contribution in [2.45, 2.75) is 19.9 Å². The molecule has 0 saturated carbocycles. The van der Waals surface area contributed by atoms with E-state index in [1.54, 1.807) is 17.5 Å². The lowest BCUT2D eigenvalue weighted by Gasteiger charge is -2.34. The second kappa shape index (κ2) is 8.02. The molecule has 4 heterocycles. The fraction of sp³-hybridized carbons (Fsp3) is 0.350. The first-order valence-electron chi connectivity index (χ1n) is 9.08. The fourth-order valence-corrected chi connectivity index (χ4v) is 3.91. The summed E-state index contributed by atoms with van der Waals surface area (Å²) in [5.41, 5.74) is 1.94. The van der Waals surface area contributed by atoms with Crippen molar-refractivity contribution in [1.82, 2.24) is 19.8 Å². The number of rotatable bonds is 5.